The summed E-state index contributed by atoms with van der Waals surface area (Å²) in [6.07, 6.45) is 0.814. The lowest BCUT2D eigenvalue weighted by molar-refractivity contribution is 0.0912. The molecule has 0 fully saturated rings. The van der Waals surface area contributed by atoms with Gasteiger partial charge in [-0.2, -0.15) is 0 Å². The highest BCUT2D eigenvalue weighted by atomic mass is 19.1. The van der Waals surface area contributed by atoms with Crippen LogP contribution in [0.4, 0.5) is 4.39 Å². The van der Waals surface area contributed by atoms with Gasteiger partial charge in [-0.3, -0.25) is 0 Å². The Bertz CT molecular complexity index is 318. The molecule has 0 heterocycles. The minimum absolute atomic E-state index is 0.246. The van der Waals surface area contributed by atoms with Crippen molar-refractivity contribution in [1.82, 2.24) is 0 Å². The topological polar surface area (TPSA) is 44.5 Å². The predicted molar refractivity (Wildman–Crippen MR) is 60.4 cm³/mol. The van der Waals surface area contributed by atoms with Gasteiger partial charge in [0.15, 0.2) is 0 Å². The van der Waals surface area contributed by atoms with Crippen LogP contribution in [0.2, 0.25) is 0 Å². The van der Waals surface area contributed by atoms with Gasteiger partial charge in [-0.05, 0) is 24.1 Å². The van der Waals surface area contributed by atoms with E-state index in [9.17, 15) is 4.39 Å². The maximum atomic E-state index is 13.3. The maximum absolute atomic E-state index is 13.3. The molecule has 0 saturated heterocycles. The molecule has 2 N–H and O–H groups in total. The molecule has 0 saturated carbocycles. The highest BCUT2D eigenvalue weighted by Gasteiger charge is 2.03. The fraction of sp³-hybridized carbons (Fsp3) is 0.500. The minimum Gasteiger partial charge on any atom is -0.385 e. The van der Waals surface area contributed by atoms with Gasteiger partial charge in [-0.1, -0.05) is 6.07 Å². The molecule has 0 bridgehead atoms. The van der Waals surface area contributed by atoms with Crippen molar-refractivity contribution >= 4 is 0 Å². The van der Waals surface area contributed by atoms with E-state index in [0.29, 0.717) is 25.3 Å². The summed E-state index contributed by atoms with van der Waals surface area (Å²) in [5.74, 6) is -0.246. The van der Waals surface area contributed by atoms with Crippen LogP contribution in [-0.2, 0) is 22.6 Å². The van der Waals surface area contributed by atoms with E-state index in [2.05, 4.69) is 0 Å². The second-order valence-electron chi connectivity index (χ2n) is 3.53. The van der Waals surface area contributed by atoms with E-state index in [4.69, 9.17) is 15.2 Å². The van der Waals surface area contributed by atoms with E-state index in [0.717, 1.165) is 12.0 Å². The Labute approximate surface area is 95.4 Å². The van der Waals surface area contributed by atoms with Crippen molar-refractivity contribution in [2.75, 3.05) is 20.3 Å². The highest BCUT2D eigenvalue weighted by molar-refractivity contribution is 5.24. The van der Waals surface area contributed by atoms with Crippen LogP contribution in [0.5, 0.6) is 0 Å². The van der Waals surface area contributed by atoms with Crippen molar-refractivity contribution in [2.24, 2.45) is 5.73 Å². The normalized spacial score (nSPS) is 10.7. The summed E-state index contributed by atoms with van der Waals surface area (Å²) in [6.45, 7) is 1.92. The smallest absolute Gasteiger partial charge is 0.128 e. The number of rotatable bonds is 7. The maximum Gasteiger partial charge on any atom is 0.128 e. The third-order valence-electron chi connectivity index (χ3n) is 2.24. The Morgan fingerprint density at radius 3 is 2.81 bits per heavy atom. The number of hydrogen-bond donors (Lipinski definition) is 1. The molecule has 1 aromatic carbocycles. The molecular formula is C12H18FNO2. The first-order valence-electron chi connectivity index (χ1n) is 5.32. The largest absolute Gasteiger partial charge is 0.385 e. The number of ether oxygens (including phenoxy) is 2. The van der Waals surface area contributed by atoms with E-state index < -0.39 is 0 Å². The molecule has 1 aromatic rings. The summed E-state index contributed by atoms with van der Waals surface area (Å²) in [6, 6.07) is 4.85. The minimum atomic E-state index is -0.246. The van der Waals surface area contributed by atoms with Crippen LogP contribution in [0.3, 0.4) is 0 Å². The van der Waals surface area contributed by atoms with Crippen LogP contribution in [0.25, 0.3) is 0 Å². The molecule has 1 rings (SSSR count). The first kappa shape index (κ1) is 13.1. The van der Waals surface area contributed by atoms with Crippen molar-refractivity contribution in [2.45, 2.75) is 19.6 Å². The average Bonchev–Trinajstić information content (AvgIpc) is 2.31. The lowest BCUT2D eigenvalue weighted by Gasteiger charge is -2.07. The number of benzene rings is 1. The standard InChI is InChI=1S/C12H18FNO2/c1-15-5-2-6-16-9-11-7-10(8-14)3-4-12(11)13/h3-4,7H,2,5-6,8-9,14H2,1H3. The molecule has 90 valence electrons. The Kier molecular flexibility index (Phi) is 6.00. The zero-order valence-corrected chi connectivity index (χ0v) is 9.54. The van der Waals surface area contributed by atoms with E-state index in [1.54, 1.807) is 19.2 Å². The summed E-state index contributed by atoms with van der Waals surface area (Å²) in [5.41, 5.74) is 6.95. The second-order valence-corrected chi connectivity index (χ2v) is 3.53. The molecule has 3 nitrogen and oxygen atoms in total. The SMILES string of the molecule is COCCCOCc1cc(CN)ccc1F. The van der Waals surface area contributed by atoms with Crippen molar-refractivity contribution in [1.29, 1.82) is 0 Å². The number of halogens is 1. The van der Waals surface area contributed by atoms with E-state index in [-0.39, 0.29) is 12.4 Å². The van der Waals surface area contributed by atoms with Gasteiger partial charge in [0.2, 0.25) is 0 Å². The summed E-state index contributed by atoms with van der Waals surface area (Å²) in [7, 11) is 1.64. The van der Waals surface area contributed by atoms with Crippen molar-refractivity contribution in [3.8, 4) is 0 Å². The highest BCUT2D eigenvalue weighted by Crippen LogP contribution is 2.11. The first-order chi connectivity index (χ1) is 7.77. The van der Waals surface area contributed by atoms with E-state index in [1.807, 2.05) is 0 Å². The van der Waals surface area contributed by atoms with Crippen LogP contribution >= 0.6 is 0 Å². The van der Waals surface area contributed by atoms with Gasteiger partial charge < -0.3 is 15.2 Å². The Hall–Kier alpha value is -0.970. The monoisotopic (exact) mass is 227 g/mol. The predicted octanol–water partition coefficient (Wildman–Crippen LogP) is 1.84. The van der Waals surface area contributed by atoms with Crippen LogP contribution in [0, 0.1) is 5.82 Å². The first-order valence-corrected chi connectivity index (χ1v) is 5.32. The Morgan fingerprint density at radius 1 is 1.31 bits per heavy atom. The molecule has 0 radical (unpaired) electrons. The van der Waals surface area contributed by atoms with Crippen LogP contribution < -0.4 is 5.73 Å². The van der Waals surface area contributed by atoms with Crippen molar-refractivity contribution < 1.29 is 13.9 Å². The van der Waals surface area contributed by atoms with Crippen LogP contribution in [0.1, 0.15) is 17.5 Å². The lowest BCUT2D eigenvalue weighted by atomic mass is 10.1. The van der Waals surface area contributed by atoms with E-state index in [1.165, 1.54) is 6.07 Å². The Balaban J connectivity index is 2.40. The van der Waals surface area contributed by atoms with Gasteiger partial charge in [-0.25, -0.2) is 4.39 Å². The molecule has 0 aromatic heterocycles. The number of methoxy groups -OCH3 is 1. The van der Waals surface area contributed by atoms with Gasteiger partial charge in [0, 0.05) is 32.4 Å². The molecule has 0 aliphatic carbocycles. The third kappa shape index (κ3) is 4.26. The molecule has 0 unspecified atom stereocenters. The Morgan fingerprint density at radius 2 is 2.12 bits per heavy atom. The summed E-state index contributed by atoms with van der Waals surface area (Å²) in [5, 5.41) is 0. The molecule has 4 heteroatoms. The van der Waals surface area contributed by atoms with Crippen LogP contribution in [0.15, 0.2) is 18.2 Å². The quantitative estimate of drug-likeness (QED) is 0.723. The van der Waals surface area contributed by atoms with Gasteiger partial charge in [-0.15, -0.1) is 0 Å². The number of nitrogens with two attached hydrogens (primary N) is 1. The van der Waals surface area contributed by atoms with Crippen molar-refractivity contribution in [3.63, 3.8) is 0 Å². The molecule has 16 heavy (non-hydrogen) atoms. The molecule has 0 amide bonds. The van der Waals surface area contributed by atoms with E-state index >= 15 is 0 Å². The zero-order chi connectivity index (χ0) is 11.8. The third-order valence-corrected chi connectivity index (χ3v) is 2.24. The molecule has 0 aliphatic heterocycles. The second kappa shape index (κ2) is 7.33. The summed E-state index contributed by atoms with van der Waals surface area (Å²) >= 11 is 0. The lowest BCUT2D eigenvalue weighted by Crippen LogP contribution is -2.03. The number of hydrogen-bond acceptors (Lipinski definition) is 3. The fourth-order valence-corrected chi connectivity index (χ4v) is 1.35. The van der Waals surface area contributed by atoms with Gasteiger partial charge in [0.05, 0.1) is 6.61 Å². The van der Waals surface area contributed by atoms with Crippen LogP contribution in [-0.4, -0.2) is 20.3 Å². The molecule has 0 spiro atoms. The molecule has 0 atom stereocenters. The van der Waals surface area contributed by atoms with Gasteiger partial charge >= 0.3 is 0 Å². The average molecular weight is 227 g/mol. The zero-order valence-electron chi connectivity index (χ0n) is 9.54. The summed E-state index contributed by atoms with van der Waals surface area (Å²) < 4.78 is 23.6. The molecule has 0 aliphatic rings. The van der Waals surface area contributed by atoms with Gasteiger partial charge in [0.25, 0.3) is 0 Å². The van der Waals surface area contributed by atoms with Crippen molar-refractivity contribution in [3.05, 3.63) is 35.1 Å². The summed E-state index contributed by atoms with van der Waals surface area (Å²) in [4.78, 5) is 0. The molecular weight excluding hydrogens is 209 g/mol. The van der Waals surface area contributed by atoms with Gasteiger partial charge in [0.1, 0.15) is 5.82 Å². The fourth-order valence-electron chi connectivity index (χ4n) is 1.35.